The Balaban J connectivity index is 1.66. The van der Waals surface area contributed by atoms with Gasteiger partial charge in [-0.05, 0) is 55.2 Å². The van der Waals surface area contributed by atoms with Crippen LogP contribution in [0.4, 0.5) is 8.78 Å². The van der Waals surface area contributed by atoms with Crippen LogP contribution in [0.2, 0.25) is 5.02 Å². The first-order valence-electron chi connectivity index (χ1n) is 10.1. The van der Waals surface area contributed by atoms with Crippen molar-refractivity contribution in [3.63, 3.8) is 0 Å². The highest BCUT2D eigenvalue weighted by Crippen LogP contribution is 2.39. The molecule has 0 aliphatic heterocycles. The second-order valence-corrected chi connectivity index (χ2v) is 9.86. The smallest absolute Gasteiger partial charge is 0.267 e. The van der Waals surface area contributed by atoms with Gasteiger partial charge < -0.3 is 9.47 Å². The Morgan fingerprint density at radius 1 is 1.09 bits per heavy atom. The van der Waals surface area contributed by atoms with Crippen molar-refractivity contribution in [2.75, 3.05) is 13.4 Å². The lowest BCUT2D eigenvalue weighted by atomic mass is 10.0. The van der Waals surface area contributed by atoms with Crippen LogP contribution >= 0.6 is 11.6 Å². The Bertz CT molecular complexity index is 1410. The molecule has 0 saturated heterocycles. The van der Waals surface area contributed by atoms with Crippen LogP contribution in [0.5, 0.6) is 17.4 Å². The van der Waals surface area contributed by atoms with Gasteiger partial charge in [-0.2, -0.15) is 0 Å². The molecule has 0 radical (unpaired) electrons. The number of hydrogen-bond donors (Lipinski definition) is 1. The van der Waals surface area contributed by atoms with Crippen molar-refractivity contribution in [1.82, 2.24) is 9.71 Å². The van der Waals surface area contributed by atoms with Crippen LogP contribution < -0.4 is 14.2 Å². The summed E-state index contributed by atoms with van der Waals surface area (Å²) in [4.78, 5) is 16.3. The number of carbonyl (C=O) groups excluding carboxylic acids is 1. The zero-order valence-electron chi connectivity index (χ0n) is 18.1. The van der Waals surface area contributed by atoms with Crippen molar-refractivity contribution in [3.8, 4) is 28.5 Å². The van der Waals surface area contributed by atoms with E-state index in [0.29, 0.717) is 29.7 Å². The summed E-state index contributed by atoms with van der Waals surface area (Å²) in [6.45, 7) is 0. The van der Waals surface area contributed by atoms with E-state index in [1.54, 1.807) is 4.72 Å². The van der Waals surface area contributed by atoms with Crippen LogP contribution in [0.1, 0.15) is 27.9 Å². The molecule has 1 aromatic heterocycles. The highest BCUT2D eigenvalue weighted by Gasteiger charge is 2.23. The van der Waals surface area contributed by atoms with Crippen LogP contribution in [0, 0.1) is 11.6 Å². The lowest BCUT2D eigenvalue weighted by molar-refractivity contribution is 0.0977. The molecule has 0 saturated carbocycles. The first-order valence-corrected chi connectivity index (χ1v) is 12.4. The lowest BCUT2D eigenvalue weighted by Gasteiger charge is -2.14. The molecular formula is C23H19ClF2N2O5S. The van der Waals surface area contributed by atoms with Gasteiger partial charge in [0, 0.05) is 22.9 Å². The number of amides is 1. The van der Waals surface area contributed by atoms with Crippen LogP contribution in [0.15, 0.2) is 36.5 Å². The van der Waals surface area contributed by atoms with Gasteiger partial charge in [0.25, 0.3) is 5.91 Å². The minimum Gasteiger partial charge on any atom is -0.496 e. The standard InChI is InChI=1S/C23H19ClF2N2O5S/c1-32-21-10-16(22(29)28-34(2,30)31)19(26)9-15(21)12-8-17(24)23(27-11-12)33-20-7-6-18(25)13-4-3-5-14(13)20/h6-11H,3-5H2,1-2H3,(H,28,29). The monoisotopic (exact) mass is 508 g/mol. The largest absolute Gasteiger partial charge is 0.496 e. The number of nitrogens with zero attached hydrogens (tertiary/aromatic N) is 1. The second kappa shape index (κ2) is 9.19. The molecule has 4 rings (SSSR count). The Labute approximate surface area is 199 Å². The molecule has 0 spiro atoms. The van der Waals surface area contributed by atoms with Gasteiger partial charge in [-0.3, -0.25) is 4.79 Å². The molecule has 0 bridgehead atoms. The number of halogens is 3. The molecule has 2 aromatic carbocycles. The van der Waals surface area contributed by atoms with E-state index in [1.165, 1.54) is 31.5 Å². The minimum atomic E-state index is -3.88. The van der Waals surface area contributed by atoms with Crippen molar-refractivity contribution < 1.29 is 31.5 Å². The summed E-state index contributed by atoms with van der Waals surface area (Å²) in [7, 11) is -2.57. The van der Waals surface area contributed by atoms with E-state index in [9.17, 15) is 22.0 Å². The molecule has 11 heteroatoms. The summed E-state index contributed by atoms with van der Waals surface area (Å²) in [5.74, 6) is -1.69. The van der Waals surface area contributed by atoms with Gasteiger partial charge in [0.15, 0.2) is 0 Å². The number of hydrogen-bond acceptors (Lipinski definition) is 6. The van der Waals surface area contributed by atoms with Gasteiger partial charge in [0.2, 0.25) is 15.9 Å². The molecule has 7 nitrogen and oxygen atoms in total. The zero-order chi connectivity index (χ0) is 24.6. The van der Waals surface area contributed by atoms with E-state index >= 15 is 0 Å². The van der Waals surface area contributed by atoms with Gasteiger partial charge >= 0.3 is 0 Å². The number of benzene rings is 2. The van der Waals surface area contributed by atoms with Crippen LogP contribution in [-0.2, 0) is 22.9 Å². The molecule has 0 unspecified atom stereocenters. The van der Waals surface area contributed by atoms with Crippen LogP contribution in [-0.4, -0.2) is 32.7 Å². The lowest BCUT2D eigenvalue weighted by Crippen LogP contribution is -2.30. The number of pyridine rings is 1. The van der Waals surface area contributed by atoms with E-state index in [-0.39, 0.29) is 28.0 Å². The number of fused-ring (bicyclic) bond motifs is 1. The quantitative estimate of drug-likeness (QED) is 0.520. The van der Waals surface area contributed by atoms with E-state index < -0.39 is 27.3 Å². The summed E-state index contributed by atoms with van der Waals surface area (Å²) in [5, 5.41) is 0.120. The summed E-state index contributed by atoms with van der Waals surface area (Å²) in [6, 6.07) is 6.48. The number of rotatable bonds is 6. The maximum Gasteiger partial charge on any atom is 0.267 e. The topological polar surface area (TPSA) is 94.6 Å². The van der Waals surface area contributed by atoms with Gasteiger partial charge in [-0.25, -0.2) is 26.9 Å². The summed E-state index contributed by atoms with van der Waals surface area (Å²) in [6.07, 6.45) is 4.33. The predicted molar refractivity (Wildman–Crippen MR) is 122 cm³/mol. The number of nitrogens with one attached hydrogen (secondary N) is 1. The third-order valence-corrected chi connectivity index (χ3v) is 6.15. The second-order valence-electron chi connectivity index (χ2n) is 7.70. The van der Waals surface area contributed by atoms with Crippen LogP contribution in [0.25, 0.3) is 11.1 Å². The third-order valence-electron chi connectivity index (χ3n) is 5.32. The zero-order valence-corrected chi connectivity index (χ0v) is 19.7. The molecule has 178 valence electrons. The van der Waals surface area contributed by atoms with Crippen molar-refractivity contribution in [2.45, 2.75) is 19.3 Å². The number of ether oxygens (including phenoxy) is 2. The van der Waals surface area contributed by atoms with Crippen molar-refractivity contribution in [2.24, 2.45) is 0 Å². The average Bonchev–Trinajstić information content (AvgIpc) is 3.26. The van der Waals surface area contributed by atoms with Gasteiger partial charge in [-0.1, -0.05) is 11.6 Å². The summed E-state index contributed by atoms with van der Waals surface area (Å²) >= 11 is 6.37. The van der Waals surface area contributed by atoms with E-state index in [1.807, 2.05) is 0 Å². The highest BCUT2D eigenvalue weighted by molar-refractivity contribution is 7.89. The van der Waals surface area contributed by atoms with Crippen molar-refractivity contribution >= 4 is 27.5 Å². The first kappa shape index (κ1) is 23.9. The van der Waals surface area contributed by atoms with E-state index in [2.05, 4.69) is 4.98 Å². The maximum atomic E-state index is 14.7. The molecule has 34 heavy (non-hydrogen) atoms. The summed E-state index contributed by atoms with van der Waals surface area (Å²) in [5.41, 5.74) is 1.52. The minimum absolute atomic E-state index is 0.0923. The first-order chi connectivity index (χ1) is 16.1. The number of sulfonamides is 1. The molecule has 1 amide bonds. The van der Waals surface area contributed by atoms with E-state index in [0.717, 1.165) is 30.4 Å². The molecule has 1 N–H and O–H groups in total. The summed E-state index contributed by atoms with van der Waals surface area (Å²) < 4.78 is 64.1. The average molecular weight is 509 g/mol. The van der Waals surface area contributed by atoms with Crippen molar-refractivity contribution in [1.29, 1.82) is 0 Å². The molecule has 0 fully saturated rings. The SMILES string of the molecule is COc1cc(C(=O)NS(C)(=O)=O)c(F)cc1-c1cnc(Oc2ccc(F)c3c2CCC3)c(Cl)c1. The van der Waals surface area contributed by atoms with Gasteiger partial charge in [0.1, 0.15) is 28.2 Å². The molecule has 1 heterocycles. The van der Waals surface area contributed by atoms with Crippen LogP contribution in [0.3, 0.4) is 0 Å². The third kappa shape index (κ3) is 4.83. The molecule has 0 atom stereocenters. The molecular weight excluding hydrogens is 490 g/mol. The van der Waals surface area contributed by atoms with E-state index in [4.69, 9.17) is 21.1 Å². The Hall–Kier alpha value is -3.24. The number of carbonyl (C=O) groups is 1. The Morgan fingerprint density at radius 2 is 1.82 bits per heavy atom. The Morgan fingerprint density at radius 3 is 2.50 bits per heavy atom. The normalized spacial score (nSPS) is 12.9. The molecule has 3 aromatic rings. The van der Waals surface area contributed by atoms with Crippen molar-refractivity contribution in [3.05, 3.63) is 69.9 Å². The fraction of sp³-hybridized carbons (Fsp3) is 0.217. The fourth-order valence-electron chi connectivity index (χ4n) is 3.82. The molecule has 1 aliphatic carbocycles. The molecule has 1 aliphatic rings. The van der Waals surface area contributed by atoms with Gasteiger partial charge in [0.05, 0.1) is 18.9 Å². The number of methoxy groups -OCH3 is 1. The van der Waals surface area contributed by atoms with Gasteiger partial charge in [-0.15, -0.1) is 0 Å². The fourth-order valence-corrected chi connectivity index (χ4v) is 4.47. The Kier molecular flexibility index (Phi) is 6.46. The predicted octanol–water partition coefficient (Wildman–Crippen LogP) is 4.66. The highest BCUT2D eigenvalue weighted by atomic mass is 35.5. The maximum absolute atomic E-state index is 14.7. The number of aromatic nitrogens is 1.